The first kappa shape index (κ1) is 30.9. The Hall–Kier alpha value is -5.52. The summed E-state index contributed by atoms with van der Waals surface area (Å²) in [6.45, 7) is 0. The van der Waals surface area contributed by atoms with E-state index in [-0.39, 0.29) is 5.57 Å². The van der Waals surface area contributed by atoms with Crippen LogP contribution in [-0.2, 0) is 4.31 Å². The minimum absolute atomic E-state index is 0.0265. The van der Waals surface area contributed by atoms with Crippen molar-refractivity contribution >= 4 is 20.7 Å². The van der Waals surface area contributed by atoms with Gasteiger partial charge in [-0.3, -0.25) is 0 Å². The third-order valence-electron chi connectivity index (χ3n) is 7.75. The molecule has 0 spiro atoms. The molecule has 0 amide bonds. The summed E-state index contributed by atoms with van der Waals surface area (Å²) in [4.78, 5) is 5.15. The van der Waals surface area contributed by atoms with Gasteiger partial charge in [-0.2, -0.15) is 0 Å². The first-order chi connectivity index (χ1) is 21.9. The van der Waals surface area contributed by atoms with Crippen molar-refractivity contribution < 1.29 is 18.9 Å². The van der Waals surface area contributed by atoms with E-state index in [0.717, 1.165) is 11.1 Å². The molecular weight excluding hydrogens is 631 g/mol. The number of hydrogen-bond donors (Lipinski definition) is 0. The van der Waals surface area contributed by atoms with Crippen molar-refractivity contribution in [2.75, 3.05) is 28.4 Å². The summed E-state index contributed by atoms with van der Waals surface area (Å²) in [6.07, 6.45) is 0. The molecular formula is C36H28N4O4Se. The number of allylic oxidation sites excluding steroid dienone is 1. The molecule has 0 radical (unpaired) electrons. The topological polar surface area (TPSA) is 121 Å². The van der Waals surface area contributed by atoms with Gasteiger partial charge in [0.25, 0.3) is 0 Å². The van der Waals surface area contributed by atoms with Crippen LogP contribution in [0.3, 0.4) is 0 Å². The number of aliphatic imine (C=N–C) groups is 1. The summed E-state index contributed by atoms with van der Waals surface area (Å²) in [5, 5.41) is 32.5. The Morgan fingerprint density at radius 3 is 1.24 bits per heavy atom. The zero-order valence-corrected chi connectivity index (χ0v) is 26.8. The van der Waals surface area contributed by atoms with Gasteiger partial charge in [-0.15, -0.1) is 0 Å². The van der Waals surface area contributed by atoms with E-state index in [1.165, 1.54) is 0 Å². The average molecular weight is 660 g/mol. The molecule has 0 atom stereocenters. The van der Waals surface area contributed by atoms with E-state index in [9.17, 15) is 15.8 Å². The van der Waals surface area contributed by atoms with Crippen LogP contribution in [0.2, 0.25) is 0 Å². The molecule has 0 N–H and O–H groups in total. The van der Waals surface area contributed by atoms with Crippen molar-refractivity contribution in [2.24, 2.45) is 10.4 Å². The van der Waals surface area contributed by atoms with Crippen LogP contribution in [0, 0.1) is 39.4 Å². The van der Waals surface area contributed by atoms with E-state index < -0.39 is 24.7 Å². The Morgan fingerprint density at radius 1 is 0.578 bits per heavy atom. The summed E-state index contributed by atoms with van der Waals surface area (Å²) in [6, 6.07) is 36.3. The monoisotopic (exact) mass is 660 g/mol. The second-order valence-electron chi connectivity index (χ2n) is 9.92. The van der Waals surface area contributed by atoms with Gasteiger partial charge in [-0.25, -0.2) is 0 Å². The van der Waals surface area contributed by atoms with Gasteiger partial charge in [0.05, 0.1) is 0 Å². The van der Waals surface area contributed by atoms with Gasteiger partial charge in [0.2, 0.25) is 0 Å². The van der Waals surface area contributed by atoms with Crippen LogP contribution in [0.25, 0.3) is 0 Å². The van der Waals surface area contributed by atoms with Gasteiger partial charge in [0.15, 0.2) is 0 Å². The van der Waals surface area contributed by atoms with Crippen molar-refractivity contribution in [2.45, 2.75) is 4.31 Å². The van der Waals surface area contributed by atoms with Crippen LogP contribution in [-0.4, -0.2) is 49.1 Å². The molecule has 0 aromatic heterocycles. The fourth-order valence-electron chi connectivity index (χ4n) is 5.38. The average Bonchev–Trinajstić information content (AvgIpc) is 3.40. The fourth-order valence-corrected chi connectivity index (χ4v) is 8.70. The SMILES string of the molecule is COc1ccc(C(=NC2=C(C#N)C(C#N)(C#N)C(c3ccc(OC)cc3)(c3ccc(OC)cc3)[Se]2)c2ccc(OC)cc2)cc1. The van der Waals surface area contributed by atoms with Gasteiger partial charge in [-0.1, -0.05) is 0 Å². The van der Waals surface area contributed by atoms with Gasteiger partial charge in [-0.05, 0) is 0 Å². The van der Waals surface area contributed by atoms with Crippen LogP contribution >= 0.6 is 0 Å². The zero-order chi connectivity index (χ0) is 32.0. The molecule has 0 saturated heterocycles. The summed E-state index contributed by atoms with van der Waals surface area (Å²) in [5.41, 5.74) is 1.66. The van der Waals surface area contributed by atoms with E-state index in [4.69, 9.17) is 23.9 Å². The second kappa shape index (κ2) is 13.0. The third kappa shape index (κ3) is 5.28. The van der Waals surface area contributed by atoms with Crippen LogP contribution in [0.15, 0.2) is 112 Å². The molecule has 0 fully saturated rings. The molecule has 0 aliphatic carbocycles. The molecule has 5 rings (SSSR count). The molecule has 45 heavy (non-hydrogen) atoms. The number of hydrogen-bond acceptors (Lipinski definition) is 8. The molecule has 4 aromatic carbocycles. The van der Waals surface area contributed by atoms with Gasteiger partial charge < -0.3 is 0 Å². The van der Waals surface area contributed by atoms with Crippen LogP contribution < -0.4 is 18.9 Å². The maximum atomic E-state index is 10.9. The van der Waals surface area contributed by atoms with Crippen molar-refractivity contribution in [3.8, 4) is 41.2 Å². The number of nitrogens with zero attached hydrogens (tertiary/aromatic N) is 4. The zero-order valence-electron chi connectivity index (χ0n) is 25.1. The molecule has 222 valence electrons. The molecule has 0 unspecified atom stereocenters. The minimum atomic E-state index is -1.88. The van der Waals surface area contributed by atoms with Crippen molar-refractivity contribution in [3.05, 3.63) is 129 Å². The fraction of sp³-hybridized carbons (Fsp3) is 0.167. The molecule has 1 aliphatic rings. The summed E-state index contributed by atoms with van der Waals surface area (Å²) in [7, 11) is 6.34. The number of nitriles is 3. The molecule has 8 nitrogen and oxygen atoms in total. The Balaban J connectivity index is 1.81. The molecule has 0 saturated carbocycles. The number of rotatable bonds is 9. The van der Waals surface area contributed by atoms with Crippen LogP contribution in [0.1, 0.15) is 22.3 Å². The maximum absolute atomic E-state index is 10.9. The number of methoxy groups -OCH3 is 4. The normalized spacial score (nSPS) is 14.3. The van der Waals surface area contributed by atoms with Crippen molar-refractivity contribution in [1.29, 1.82) is 15.8 Å². The first-order valence-corrected chi connectivity index (χ1v) is 15.5. The summed E-state index contributed by atoms with van der Waals surface area (Å²) in [5.74, 6) is 2.62. The molecule has 4 aromatic rings. The molecule has 0 bridgehead atoms. The van der Waals surface area contributed by atoms with Crippen LogP contribution in [0.4, 0.5) is 0 Å². The van der Waals surface area contributed by atoms with Crippen molar-refractivity contribution in [3.63, 3.8) is 0 Å². The Labute approximate surface area is 268 Å². The molecule has 9 heteroatoms. The Bertz CT molecular complexity index is 1770. The Kier molecular flexibility index (Phi) is 8.93. The first-order valence-electron chi connectivity index (χ1n) is 13.8. The van der Waals surface area contributed by atoms with E-state index in [1.807, 2.05) is 72.8 Å². The predicted molar refractivity (Wildman–Crippen MR) is 170 cm³/mol. The summed E-state index contributed by atoms with van der Waals surface area (Å²) >= 11 is -0.725. The quantitative estimate of drug-likeness (QED) is 0.160. The van der Waals surface area contributed by atoms with Gasteiger partial charge in [0.1, 0.15) is 0 Å². The number of benzene rings is 4. The van der Waals surface area contributed by atoms with E-state index >= 15 is 0 Å². The molecule has 1 heterocycles. The summed E-state index contributed by atoms with van der Waals surface area (Å²) < 4.78 is 20.7. The van der Waals surface area contributed by atoms with Crippen molar-refractivity contribution in [1.82, 2.24) is 0 Å². The second-order valence-corrected chi connectivity index (χ2v) is 12.4. The predicted octanol–water partition coefficient (Wildman–Crippen LogP) is 5.99. The van der Waals surface area contributed by atoms with E-state index in [2.05, 4.69) is 18.2 Å². The van der Waals surface area contributed by atoms with Gasteiger partial charge in [0, 0.05) is 0 Å². The third-order valence-corrected chi connectivity index (χ3v) is 11.0. The van der Waals surface area contributed by atoms with E-state index in [1.54, 1.807) is 52.7 Å². The standard InChI is InChI=1S/C36H28N4O4Se/c1-41-28-13-5-24(6-14-28)33(25-7-15-29(42-2)16-8-25)40-34-32(21-37)35(22-38,23-39)36(45-34,26-9-17-30(43-3)18-10-26)27-11-19-31(44-4)20-12-27/h5-20H,1-4H3. The van der Waals surface area contributed by atoms with Crippen LogP contribution in [0.5, 0.6) is 23.0 Å². The molecule has 1 aliphatic heterocycles. The number of ether oxygens (including phenoxy) is 4. The van der Waals surface area contributed by atoms with E-state index in [0.29, 0.717) is 44.4 Å². The Morgan fingerprint density at radius 2 is 0.933 bits per heavy atom. The van der Waals surface area contributed by atoms with Gasteiger partial charge >= 0.3 is 269 Å².